The van der Waals surface area contributed by atoms with E-state index in [-0.39, 0.29) is 19.3 Å². The fraction of sp³-hybridized carbons (Fsp3) is 0.800. The molecule has 0 saturated carbocycles. The van der Waals surface area contributed by atoms with Gasteiger partial charge in [-0.3, -0.25) is 9.59 Å². The molecule has 0 aromatic rings. The summed E-state index contributed by atoms with van der Waals surface area (Å²) in [6.45, 7) is 3.05. The number of hydrogen-bond acceptors (Lipinski definition) is 6. The highest BCUT2D eigenvalue weighted by Crippen LogP contribution is 2.28. The normalized spacial score (nSPS) is 24.0. The molecule has 1 aliphatic heterocycles. The van der Waals surface area contributed by atoms with E-state index in [1.54, 1.807) is 0 Å². The van der Waals surface area contributed by atoms with Crippen LogP contribution in [0.25, 0.3) is 0 Å². The van der Waals surface area contributed by atoms with Crippen LogP contribution in [0.1, 0.15) is 33.1 Å². The summed E-state index contributed by atoms with van der Waals surface area (Å²) in [5.74, 6) is -4.34. The third-order valence-electron chi connectivity index (χ3n) is 2.37. The average Bonchev–Trinajstić information content (AvgIpc) is 2.25. The van der Waals surface area contributed by atoms with Gasteiger partial charge in [0.2, 0.25) is 0 Å². The molecule has 1 fully saturated rings. The third kappa shape index (κ3) is 3.18. The summed E-state index contributed by atoms with van der Waals surface area (Å²) in [6, 6.07) is 0. The topological polar surface area (TPSA) is 93.1 Å². The zero-order chi connectivity index (χ0) is 12.3. The maximum atomic E-state index is 11.2. The number of cyclic esters (lactones) is 2. The summed E-state index contributed by atoms with van der Waals surface area (Å²) in [4.78, 5) is 22.3. The van der Waals surface area contributed by atoms with E-state index in [2.05, 4.69) is 0 Å². The van der Waals surface area contributed by atoms with Gasteiger partial charge in [-0.05, 0) is 13.3 Å². The van der Waals surface area contributed by atoms with Crippen LogP contribution in [0.3, 0.4) is 0 Å². The SMILES string of the molecule is CC(O)CC(C)C1(O)OC(=O)CCC(=O)O1. The van der Waals surface area contributed by atoms with E-state index in [0.717, 1.165) is 0 Å². The highest BCUT2D eigenvalue weighted by molar-refractivity contribution is 5.79. The highest BCUT2D eigenvalue weighted by Gasteiger charge is 2.44. The smallest absolute Gasteiger partial charge is 0.376 e. The molecule has 0 aromatic heterocycles. The first-order valence-corrected chi connectivity index (χ1v) is 5.17. The van der Waals surface area contributed by atoms with Gasteiger partial charge < -0.3 is 19.7 Å². The van der Waals surface area contributed by atoms with Crippen LogP contribution in [-0.4, -0.2) is 34.2 Å². The van der Waals surface area contributed by atoms with Crippen LogP contribution in [0, 0.1) is 5.92 Å². The van der Waals surface area contributed by atoms with Crippen LogP contribution < -0.4 is 0 Å². The van der Waals surface area contributed by atoms with E-state index in [1.165, 1.54) is 13.8 Å². The van der Waals surface area contributed by atoms with E-state index in [0.29, 0.717) is 0 Å². The molecule has 1 rings (SSSR count). The zero-order valence-electron chi connectivity index (χ0n) is 9.30. The van der Waals surface area contributed by atoms with E-state index in [4.69, 9.17) is 9.47 Å². The predicted octanol–water partition coefficient (Wildman–Crippen LogP) is -0.0803. The Morgan fingerprint density at radius 3 is 2.06 bits per heavy atom. The Labute approximate surface area is 93.2 Å². The summed E-state index contributed by atoms with van der Waals surface area (Å²) in [5.41, 5.74) is 0. The molecule has 1 aliphatic rings. The molecule has 0 amide bonds. The first-order valence-electron chi connectivity index (χ1n) is 5.17. The van der Waals surface area contributed by atoms with Crippen molar-refractivity contribution in [3.8, 4) is 0 Å². The van der Waals surface area contributed by atoms with Crippen molar-refractivity contribution in [2.75, 3.05) is 0 Å². The Morgan fingerprint density at radius 2 is 1.69 bits per heavy atom. The van der Waals surface area contributed by atoms with Crippen LogP contribution in [0.5, 0.6) is 0 Å². The van der Waals surface area contributed by atoms with Crippen molar-refractivity contribution in [3.63, 3.8) is 0 Å². The highest BCUT2D eigenvalue weighted by atomic mass is 16.8. The van der Waals surface area contributed by atoms with Crippen molar-refractivity contribution in [2.45, 2.75) is 45.2 Å². The number of hydrogen-bond donors (Lipinski definition) is 2. The van der Waals surface area contributed by atoms with Crippen molar-refractivity contribution >= 4 is 11.9 Å². The molecule has 0 aromatic carbocycles. The molecule has 0 spiro atoms. The van der Waals surface area contributed by atoms with Crippen LogP contribution >= 0.6 is 0 Å². The second-order valence-electron chi connectivity index (χ2n) is 4.06. The first kappa shape index (κ1) is 12.9. The molecule has 6 heteroatoms. The van der Waals surface area contributed by atoms with Crippen LogP contribution in [-0.2, 0) is 19.1 Å². The first-order chi connectivity index (χ1) is 7.33. The van der Waals surface area contributed by atoms with Gasteiger partial charge >= 0.3 is 17.9 Å². The Bertz CT molecular complexity index is 267. The van der Waals surface area contributed by atoms with Gasteiger partial charge in [-0.1, -0.05) is 6.92 Å². The maximum absolute atomic E-state index is 11.2. The summed E-state index contributed by atoms with van der Waals surface area (Å²) in [6.07, 6.45) is -0.762. The summed E-state index contributed by atoms with van der Waals surface area (Å²) in [5, 5.41) is 19.1. The lowest BCUT2D eigenvalue weighted by Crippen LogP contribution is -2.45. The van der Waals surface area contributed by atoms with Crippen LogP contribution in [0.15, 0.2) is 0 Å². The molecule has 0 aliphatic carbocycles. The monoisotopic (exact) mass is 232 g/mol. The van der Waals surface area contributed by atoms with Gasteiger partial charge in [0.05, 0.1) is 24.9 Å². The van der Waals surface area contributed by atoms with Gasteiger partial charge in [-0.15, -0.1) is 0 Å². The molecule has 1 heterocycles. The fourth-order valence-electron chi connectivity index (χ4n) is 1.52. The molecule has 16 heavy (non-hydrogen) atoms. The van der Waals surface area contributed by atoms with E-state index >= 15 is 0 Å². The van der Waals surface area contributed by atoms with E-state index in [1.807, 2.05) is 0 Å². The number of ether oxygens (including phenoxy) is 2. The van der Waals surface area contributed by atoms with Crippen molar-refractivity contribution < 1.29 is 29.3 Å². The number of carbonyl (C=O) groups is 2. The van der Waals surface area contributed by atoms with Crippen molar-refractivity contribution in [1.82, 2.24) is 0 Å². The number of esters is 2. The molecule has 2 atom stereocenters. The lowest BCUT2D eigenvalue weighted by molar-refractivity contribution is -0.346. The molecule has 0 bridgehead atoms. The van der Waals surface area contributed by atoms with Crippen molar-refractivity contribution in [1.29, 1.82) is 0 Å². The Kier molecular flexibility index (Phi) is 3.88. The van der Waals surface area contributed by atoms with Crippen LogP contribution in [0.4, 0.5) is 0 Å². The van der Waals surface area contributed by atoms with Gasteiger partial charge in [0.15, 0.2) is 0 Å². The van der Waals surface area contributed by atoms with Crippen LogP contribution in [0.2, 0.25) is 0 Å². The van der Waals surface area contributed by atoms with E-state index < -0.39 is 29.9 Å². The summed E-state index contributed by atoms with van der Waals surface area (Å²) >= 11 is 0. The number of rotatable bonds is 3. The molecule has 92 valence electrons. The maximum Gasteiger partial charge on any atom is 0.376 e. The minimum Gasteiger partial charge on any atom is -0.398 e. The standard InChI is InChI=1S/C10H16O6/c1-6(5-7(2)11)10(14)15-8(12)3-4-9(13)16-10/h6-7,11,14H,3-5H2,1-2H3. The minimum atomic E-state index is -2.26. The molecule has 0 radical (unpaired) electrons. The molecular weight excluding hydrogens is 216 g/mol. The van der Waals surface area contributed by atoms with Gasteiger partial charge in [-0.2, -0.15) is 0 Å². The zero-order valence-corrected chi connectivity index (χ0v) is 9.30. The summed E-state index contributed by atoms with van der Waals surface area (Å²) in [7, 11) is 0. The number of aliphatic hydroxyl groups is 2. The van der Waals surface area contributed by atoms with Gasteiger partial charge in [0, 0.05) is 0 Å². The number of aliphatic hydroxyl groups excluding tert-OH is 1. The Hall–Kier alpha value is -1.14. The molecule has 6 nitrogen and oxygen atoms in total. The second kappa shape index (κ2) is 4.80. The van der Waals surface area contributed by atoms with Gasteiger partial charge in [-0.25, -0.2) is 0 Å². The third-order valence-corrected chi connectivity index (χ3v) is 2.37. The Morgan fingerprint density at radius 1 is 1.25 bits per heavy atom. The number of carbonyl (C=O) groups excluding carboxylic acids is 2. The second-order valence-corrected chi connectivity index (χ2v) is 4.06. The minimum absolute atomic E-state index is 0.109. The lowest BCUT2D eigenvalue weighted by atomic mass is 10.0. The predicted molar refractivity (Wildman–Crippen MR) is 51.8 cm³/mol. The van der Waals surface area contributed by atoms with Crippen molar-refractivity contribution in [2.24, 2.45) is 5.92 Å². The lowest BCUT2D eigenvalue weighted by Gasteiger charge is -2.30. The Balaban J connectivity index is 2.78. The molecular formula is C10H16O6. The average molecular weight is 232 g/mol. The van der Waals surface area contributed by atoms with Gasteiger partial charge in [0.1, 0.15) is 0 Å². The molecule has 2 N–H and O–H groups in total. The molecule has 1 saturated heterocycles. The largest absolute Gasteiger partial charge is 0.398 e. The fourth-order valence-corrected chi connectivity index (χ4v) is 1.52. The van der Waals surface area contributed by atoms with Gasteiger partial charge in [0.25, 0.3) is 0 Å². The summed E-state index contributed by atoms with van der Waals surface area (Å²) < 4.78 is 9.39. The van der Waals surface area contributed by atoms with E-state index in [9.17, 15) is 19.8 Å². The van der Waals surface area contributed by atoms with Crippen molar-refractivity contribution in [3.05, 3.63) is 0 Å². The molecule has 2 unspecified atom stereocenters. The quantitative estimate of drug-likeness (QED) is 0.661.